The zero-order chi connectivity index (χ0) is 23.2. The molecule has 0 aliphatic carbocycles. The summed E-state index contributed by atoms with van der Waals surface area (Å²) in [5.74, 6) is 0.181. The third-order valence-corrected chi connectivity index (χ3v) is 7.19. The van der Waals surface area contributed by atoms with Gasteiger partial charge < -0.3 is 14.4 Å². The van der Waals surface area contributed by atoms with Crippen molar-refractivity contribution in [2.75, 3.05) is 37.7 Å². The number of carbonyl (C=O) groups excluding carboxylic acids is 2. The molecule has 33 heavy (non-hydrogen) atoms. The lowest BCUT2D eigenvalue weighted by molar-refractivity contribution is -0.157. The Hall–Kier alpha value is -3.04. The fourth-order valence-electron chi connectivity index (χ4n) is 5.04. The molecule has 174 valence electrons. The second kappa shape index (κ2) is 8.39. The van der Waals surface area contributed by atoms with Crippen LogP contribution in [0, 0.1) is 6.92 Å². The molecular formula is C24H28N4O5. The third-order valence-electron chi connectivity index (χ3n) is 7.19. The second-order valence-corrected chi connectivity index (χ2v) is 9.00. The number of fused-ring (bicyclic) bond motifs is 1. The highest BCUT2D eigenvalue weighted by atomic mass is 16.5. The topological polar surface area (TPSA) is 94.0 Å². The van der Waals surface area contributed by atoms with Gasteiger partial charge in [0.05, 0.1) is 18.7 Å². The number of hydrogen-bond acceptors (Lipinski definition) is 7. The van der Waals surface area contributed by atoms with Gasteiger partial charge in [0.2, 0.25) is 0 Å². The van der Waals surface area contributed by atoms with Crippen LogP contribution in [0.25, 0.3) is 0 Å². The number of amides is 1. The van der Waals surface area contributed by atoms with Gasteiger partial charge in [0.15, 0.2) is 5.82 Å². The summed E-state index contributed by atoms with van der Waals surface area (Å²) in [4.78, 5) is 40.8. The first-order valence-electron chi connectivity index (χ1n) is 11.4. The van der Waals surface area contributed by atoms with E-state index in [4.69, 9.17) is 9.47 Å². The number of cyclic esters (lactones) is 1. The van der Waals surface area contributed by atoms with Crippen LogP contribution in [0.3, 0.4) is 0 Å². The van der Waals surface area contributed by atoms with E-state index in [0.29, 0.717) is 44.0 Å². The molecule has 0 radical (unpaired) electrons. The van der Waals surface area contributed by atoms with Crippen LogP contribution in [-0.2, 0) is 34.3 Å². The molecule has 1 amide bonds. The zero-order valence-corrected chi connectivity index (χ0v) is 19.0. The Morgan fingerprint density at radius 2 is 1.85 bits per heavy atom. The fraction of sp³-hybridized carbons (Fsp3) is 0.500. The number of piperidine rings is 1. The van der Waals surface area contributed by atoms with E-state index in [1.165, 1.54) is 16.3 Å². The zero-order valence-electron chi connectivity index (χ0n) is 19.0. The molecule has 0 N–H and O–H groups in total. The molecule has 9 heteroatoms. The SMILES string of the molecule is Cc1c(CCN2CCC3(CC2)OCCN(c2ccc(=O)n(C)n2)C3=O)ccc2c1COC2=O. The summed E-state index contributed by atoms with van der Waals surface area (Å²) in [5, 5.41) is 4.25. The van der Waals surface area contributed by atoms with Crippen LogP contribution in [0.2, 0.25) is 0 Å². The molecule has 1 spiro atoms. The molecule has 3 aliphatic rings. The molecule has 1 aromatic heterocycles. The second-order valence-electron chi connectivity index (χ2n) is 9.00. The van der Waals surface area contributed by atoms with Gasteiger partial charge in [0, 0.05) is 38.3 Å². The summed E-state index contributed by atoms with van der Waals surface area (Å²) in [6.45, 7) is 5.71. The van der Waals surface area contributed by atoms with Crippen molar-refractivity contribution in [1.29, 1.82) is 0 Å². The first-order chi connectivity index (χ1) is 15.9. The summed E-state index contributed by atoms with van der Waals surface area (Å²) in [6, 6.07) is 6.93. The summed E-state index contributed by atoms with van der Waals surface area (Å²) in [6.07, 6.45) is 2.13. The number of hydrogen-bond donors (Lipinski definition) is 0. The van der Waals surface area contributed by atoms with Crippen molar-refractivity contribution in [3.63, 3.8) is 0 Å². The number of rotatable bonds is 4. The van der Waals surface area contributed by atoms with Crippen molar-refractivity contribution in [3.05, 3.63) is 56.9 Å². The first-order valence-corrected chi connectivity index (χ1v) is 11.4. The number of carbonyl (C=O) groups is 2. The van der Waals surface area contributed by atoms with Crippen LogP contribution in [0.4, 0.5) is 5.82 Å². The van der Waals surface area contributed by atoms with Crippen molar-refractivity contribution in [2.24, 2.45) is 7.05 Å². The maximum Gasteiger partial charge on any atom is 0.338 e. The standard InChI is InChI=1S/C24H28N4O5/c1-16-17(3-4-18-19(16)15-32-22(18)30)7-10-27-11-8-24(9-12-27)23(31)28(13-14-33-24)20-5-6-21(29)26(2)25-20/h3-6H,7-15H2,1-2H3. The number of esters is 1. The van der Waals surface area contributed by atoms with Crippen LogP contribution < -0.4 is 10.5 Å². The first kappa shape index (κ1) is 21.8. The number of ether oxygens (including phenoxy) is 2. The summed E-state index contributed by atoms with van der Waals surface area (Å²) in [5.41, 5.74) is 3.01. The predicted molar refractivity (Wildman–Crippen MR) is 120 cm³/mol. The fourth-order valence-corrected chi connectivity index (χ4v) is 5.04. The Morgan fingerprint density at radius 1 is 1.06 bits per heavy atom. The lowest BCUT2D eigenvalue weighted by atomic mass is 9.88. The average molecular weight is 453 g/mol. The highest BCUT2D eigenvalue weighted by Crippen LogP contribution is 2.33. The smallest absolute Gasteiger partial charge is 0.338 e. The van der Waals surface area contributed by atoms with Gasteiger partial charge in [-0.05, 0) is 49.4 Å². The van der Waals surface area contributed by atoms with Crippen LogP contribution in [-0.4, -0.2) is 64.9 Å². The molecule has 0 unspecified atom stereocenters. The number of likely N-dealkylation sites (tertiary alicyclic amines) is 1. The summed E-state index contributed by atoms with van der Waals surface area (Å²) in [7, 11) is 1.58. The molecule has 2 saturated heterocycles. The van der Waals surface area contributed by atoms with E-state index in [0.717, 1.165) is 37.2 Å². The van der Waals surface area contributed by atoms with Crippen molar-refractivity contribution >= 4 is 17.7 Å². The molecule has 0 atom stereocenters. The Labute approximate surface area is 191 Å². The normalized spacial score (nSPS) is 20.2. The minimum absolute atomic E-state index is 0.0707. The number of benzene rings is 1. The van der Waals surface area contributed by atoms with Gasteiger partial charge in [-0.15, -0.1) is 0 Å². The van der Waals surface area contributed by atoms with Crippen LogP contribution in [0.15, 0.2) is 29.1 Å². The largest absolute Gasteiger partial charge is 0.457 e. The quantitative estimate of drug-likeness (QED) is 0.644. The van der Waals surface area contributed by atoms with Crippen molar-refractivity contribution in [2.45, 2.75) is 38.4 Å². The molecular weight excluding hydrogens is 424 g/mol. The van der Waals surface area contributed by atoms with Gasteiger partial charge in [0.1, 0.15) is 12.2 Å². The van der Waals surface area contributed by atoms with Crippen molar-refractivity contribution < 1.29 is 19.1 Å². The van der Waals surface area contributed by atoms with E-state index < -0.39 is 5.60 Å². The minimum Gasteiger partial charge on any atom is -0.457 e. The number of aryl methyl sites for hydroxylation is 1. The maximum absolute atomic E-state index is 13.4. The van der Waals surface area contributed by atoms with E-state index in [1.807, 2.05) is 12.1 Å². The minimum atomic E-state index is -0.827. The monoisotopic (exact) mass is 452 g/mol. The molecule has 0 bridgehead atoms. The van der Waals surface area contributed by atoms with Gasteiger partial charge in [-0.2, -0.15) is 5.10 Å². The molecule has 2 aromatic rings. The molecule has 4 heterocycles. The van der Waals surface area contributed by atoms with Crippen molar-refractivity contribution in [1.82, 2.24) is 14.7 Å². The van der Waals surface area contributed by atoms with Gasteiger partial charge in [-0.25, -0.2) is 9.48 Å². The molecule has 1 aromatic carbocycles. The highest BCUT2D eigenvalue weighted by molar-refractivity contribution is 5.99. The van der Waals surface area contributed by atoms with Crippen molar-refractivity contribution in [3.8, 4) is 0 Å². The number of morpholine rings is 1. The van der Waals surface area contributed by atoms with Gasteiger partial charge in [-0.3, -0.25) is 14.5 Å². The summed E-state index contributed by atoms with van der Waals surface area (Å²) >= 11 is 0. The van der Waals surface area contributed by atoms with E-state index in [1.54, 1.807) is 18.0 Å². The van der Waals surface area contributed by atoms with Crippen LogP contribution in [0.1, 0.15) is 39.9 Å². The molecule has 3 aliphatic heterocycles. The lowest BCUT2D eigenvalue weighted by Crippen LogP contribution is -2.61. The Morgan fingerprint density at radius 3 is 2.61 bits per heavy atom. The number of aromatic nitrogens is 2. The van der Waals surface area contributed by atoms with Crippen LogP contribution in [0.5, 0.6) is 0 Å². The average Bonchev–Trinajstić information content (AvgIpc) is 3.20. The highest BCUT2D eigenvalue weighted by Gasteiger charge is 2.48. The molecule has 5 rings (SSSR count). The van der Waals surface area contributed by atoms with E-state index in [-0.39, 0.29) is 17.4 Å². The third kappa shape index (κ3) is 3.85. The van der Waals surface area contributed by atoms with E-state index in [2.05, 4.69) is 16.9 Å². The van der Waals surface area contributed by atoms with Gasteiger partial charge in [-0.1, -0.05) is 6.07 Å². The summed E-state index contributed by atoms with van der Waals surface area (Å²) < 4.78 is 12.5. The molecule has 2 fully saturated rings. The van der Waals surface area contributed by atoms with Gasteiger partial charge in [0.25, 0.3) is 11.5 Å². The molecule has 0 saturated carbocycles. The molecule has 9 nitrogen and oxygen atoms in total. The number of nitrogens with zero attached hydrogens (tertiary/aromatic N) is 4. The lowest BCUT2D eigenvalue weighted by Gasteiger charge is -2.45. The van der Waals surface area contributed by atoms with E-state index >= 15 is 0 Å². The van der Waals surface area contributed by atoms with Gasteiger partial charge >= 0.3 is 5.97 Å². The Bertz CT molecular complexity index is 1170. The number of anilines is 1. The predicted octanol–water partition coefficient (Wildman–Crippen LogP) is 1.20. The maximum atomic E-state index is 13.4. The Balaban J connectivity index is 1.22. The Kier molecular flexibility index (Phi) is 5.54. The van der Waals surface area contributed by atoms with Crippen LogP contribution >= 0.6 is 0 Å². The van der Waals surface area contributed by atoms with E-state index in [9.17, 15) is 14.4 Å².